The van der Waals surface area contributed by atoms with Gasteiger partial charge < -0.3 is 20.5 Å². The van der Waals surface area contributed by atoms with Gasteiger partial charge in [0.25, 0.3) is 0 Å². The summed E-state index contributed by atoms with van der Waals surface area (Å²) in [5.41, 5.74) is 0.260. The molecule has 0 aromatic heterocycles. The van der Waals surface area contributed by atoms with Gasteiger partial charge in [-0.15, -0.1) is 0 Å². The average molecular weight is 320 g/mol. The highest BCUT2D eigenvalue weighted by Gasteiger charge is 2.34. The van der Waals surface area contributed by atoms with Crippen molar-refractivity contribution in [2.45, 2.75) is 51.2 Å². The summed E-state index contributed by atoms with van der Waals surface area (Å²) < 4.78 is 5.42. The molecule has 0 heterocycles. The van der Waals surface area contributed by atoms with Gasteiger partial charge in [-0.1, -0.05) is 32.0 Å². The van der Waals surface area contributed by atoms with Gasteiger partial charge in [-0.05, 0) is 37.7 Å². The van der Waals surface area contributed by atoms with Crippen LogP contribution in [-0.4, -0.2) is 30.4 Å². The van der Waals surface area contributed by atoms with Crippen LogP contribution in [0.15, 0.2) is 24.3 Å². The fraction of sp³-hybridized carbons (Fsp3) is 0.611. The minimum Gasteiger partial charge on any atom is -0.496 e. The van der Waals surface area contributed by atoms with E-state index in [1.54, 1.807) is 7.11 Å². The first-order chi connectivity index (χ1) is 10.9. The molecule has 0 saturated heterocycles. The molecule has 3 N–H and O–H groups in total. The van der Waals surface area contributed by atoms with Crippen molar-refractivity contribution in [3.05, 3.63) is 29.8 Å². The van der Waals surface area contributed by atoms with E-state index in [1.165, 1.54) is 0 Å². The summed E-state index contributed by atoms with van der Waals surface area (Å²) in [6, 6.07) is 7.37. The van der Waals surface area contributed by atoms with Crippen LogP contribution in [0.1, 0.15) is 51.1 Å². The molecule has 1 aliphatic rings. The molecule has 5 heteroatoms. The van der Waals surface area contributed by atoms with Crippen LogP contribution in [0, 0.1) is 5.92 Å². The summed E-state index contributed by atoms with van der Waals surface area (Å²) in [5.74, 6) is 1.21. The number of aliphatic hydroxyl groups is 1. The zero-order valence-electron chi connectivity index (χ0n) is 14.3. The fourth-order valence-electron chi connectivity index (χ4n) is 2.91. The molecule has 0 spiro atoms. The smallest absolute Gasteiger partial charge is 0.315 e. The van der Waals surface area contributed by atoms with Gasteiger partial charge in [-0.25, -0.2) is 4.79 Å². The lowest BCUT2D eigenvalue weighted by Crippen LogP contribution is -2.50. The van der Waals surface area contributed by atoms with Crippen molar-refractivity contribution in [1.29, 1.82) is 0 Å². The molecule has 1 atom stereocenters. The van der Waals surface area contributed by atoms with Crippen molar-refractivity contribution in [1.82, 2.24) is 10.6 Å². The lowest BCUT2D eigenvalue weighted by Gasteiger charge is -2.36. The maximum Gasteiger partial charge on any atom is 0.315 e. The second-order valence-corrected chi connectivity index (χ2v) is 6.83. The van der Waals surface area contributed by atoms with Crippen LogP contribution in [0.3, 0.4) is 0 Å². The number of urea groups is 1. The van der Waals surface area contributed by atoms with E-state index in [9.17, 15) is 9.90 Å². The number of para-hydroxylation sites is 1. The molecule has 1 aliphatic carbocycles. The van der Waals surface area contributed by atoms with E-state index in [4.69, 9.17) is 4.74 Å². The highest BCUT2D eigenvalue weighted by atomic mass is 16.5. The van der Waals surface area contributed by atoms with Crippen molar-refractivity contribution >= 4 is 6.03 Å². The standard InChI is InChI=1S/C18H28N2O3/c1-13(2)11-15(14-7-4-5-8-16(14)23-3)20-17(21)19-12-18(22)9-6-10-18/h4-5,7-8,13,15,22H,6,9-12H2,1-3H3,(H2,19,20,21). The van der Waals surface area contributed by atoms with Crippen molar-refractivity contribution in [3.63, 3.8) is 0 Å². The monoisotopic (exact) mass is 320 g/mol. The number of nitrogens with one attached hydrogen (secondary N) is 2. The third kappa shape index (κ3) is 4.86. The molecule has 1 fully saturated rings. The molecule has 2 rings (SSSR count). The van der Waals surface area contributed by atoms with Crippen LogP contribution < -0.4 is 15.4 Å². The van der Waals surface area contributed by atoms with Crippen LogP contribution in [0.2, 0.25) is 0 Å². The molecular weight excluding hydrogens is 292 g/mol. The van der Waals surface area contributed by atoms with Gasteiger partial charge in [0.15, 0.2) is 0 Å². The number of benzene rings is 1. The number of carbonyl (C=O) groups excluding carboxylic acids is 1. The molecule has 1 unspecified atom stereocenters. The molecule has 5 nitrogen and oxygen atoms in total. The van der Waals surface area contributed by atoms with Crippen molar-refractivity contribution < 1.29 is 14.6 Å². The van der Waals surface area contributed by atoms with Crippen LogP contribution in [-0.2, 0) is 0 Å². The van der Waals surface area contributed by atoms with E-state index in [0.29, 0.717) is 12.5 Å². The van der Waals surface area contributed by atoms with Gasteiger partial charge in [0, 0.05) is 12.1 Å². The average Bonchev–Trinajstić information content (AvgIpc) is 2.50. The largest absolute Gasteiger partial charge is 0.496 e. The fourth-order valence-corrected chi connectivity index (χ4v) is 2.91. The summed E-state index contributed by atoms with van der Waals surface area (Å²) in [6.45, 7) is 4.55. The summed E-state index contributed by atoms with van der Waals surface area (Å²) >= 11 is 0. The topological polar surface area (TPSA) is 70.6 Å². The summed E-state index contributed by atoms with van der Waals surface area (Å²) in [7, 11) is 1.64. The summed E-state index contributed by atoms with van der Waals surface area (Å²) in [4.78, 5) is 12.2. The molecular formula is C18H28N2O3. The van der Waals surface area contributed by atoms with E-state index in [-0.39, 0.29) is 12.1 Å². The highest BCUT2D eigenvalue weighted by Crippen LogP contribution is 2.31. The predicted octanol–water partition coefficient (Wildman–Crippen LogP) is 3.00. The van der Waals surface area contributed by atoms with Gasteiger partial charge in [0.2, 0.25) is 0 Å². The lowest BCUT2D eigenvalue weighted by atomic mass is 9.80. The van der Waals surface area contributed by atoms with E-state index >= 15 is 0 Å². The molecule has 0 aliphatic heterocycles. The summed E-state index contributed by atoms with van der Waals surface area (Å²) in [6.07, 6.45) is 3.36. The van der Waals surface area contributed by atoms with Crippen LogP contribution in [0.5, 0.6) is 5.75 Å². The Hall–Kier alpha value is -1.75. The van der Waals surface area contributed by atoms with Crippen LogP contribution in [0.4, 0.5) is 4.79 Å². The van der Waals surface area contributed by atoms with Gasteiger partial charge in [0.1, 0.15) is 5.75 Å². The Kier molecular flexibility index (Phi) is 5.88. The molecule has 0 radical (unpaired) electrons. The Bertz CT molecular complexity index is 527. The maximum atomic E-state index is 12.2. The molecule has 0 bridgehead atoms. The zero-order valence-corrected chi connectivity index (χ0v) is 14.3. The third-order valence-corrected chi connectivity index (χ3v) is 4.39. The second-order valence-electron chi connectivity index (χ2n) is 6.83. The van der Waals surface area contributed by atoms with E-state index in [2.05, 4.69) is 24.5 Å². The number of methoxy groups -OCH3 is 1. The Morgan fingerprint density at radius 1 is 1.35 bits per heavy atom. The summed E-state index contributed by atoms with van der Waals surface area (Å²) in [5, 5.41) is 15.9. The molecule has 1 saturated carbocycles. The number of hydrogen-bond donors (Lipinski definition) is 3. The van der Waals surface area contributed by atoms with E-state index in [1.807, 2.05) is 24.3 Å². The van der Waals surface area contributed by atoms with Gasteiger partial charge in [-0.3, -0.25) is 0 Å². The normalized spacial score (nSPS) is 17.3. The van der Waals surface area contributed by atoms with Crippen molar-refractivity contribution in [3.8, 4) is 5.75 Å². The number of carbonyl (C=O) groups is 1. The number of rotatable bonds is 7. The maximum absolute atomic E-state index is 12.2. The van der Waals surface area contributed by atoms with Gasteiger partial charge >= 0.3 is 6.03 Å². The SMILES string of the molecule is COc1ccccc1C(CC(C)C)NC(=O)NCC1(O)CCC1. The van der Waals surface area contributed by atoms with Gasteiger partial charge in [-0.2, -0.15) is 0 Å². The third-order valence-electron chi connectivity index (χ3n) is 4.39. The first kappa shape index (κ1) is 17.6. The molecule has 1 aromatic rings. The minimum absolute atomic E-state index is 0.123. The van der Waals surface area contributed by atoms with Crippen LogP contribution in [0.25, 0.3) is 0 Å². The Balaban J connectivity index is 2.01. The molecule has 2 amide bonds. The Morgan fingerprint density at radius 3 is 2.61 bits per heavy atom. The number of amides is 2. The Labute approximate surface area is 138 Å². The second kappa shape index (κ2) is 7.68. The molecule has 23 heavy (non-hydrogen) atoms. The number of ether oxygens (including phenoxy) is 1. The van der Waals surface area contributed by atoms with E-state index < -0.39 is 5.60 Å². The highest BCUT2D eigenvalue weighted by molar-refractivity contribution is 5.74. The minimum atomic E-state index is -0.713. The molecule has 128 valence electrons. The number of hydrogen-bond acceptors (Lipinski definition) is 3. The predicted molar refractivity (Wildman–Crippen MR) is 90.5 cm³/mol. The molecule has 1 aromatic carbocycles. The van der Waals surface area contributed by atoms with E-state index in [0.717, 1.165) is 37.0 Å². The van der Waals surface area contributed by atoms with Gasteiger partial charge in [0.05, 0.1) is 18.8 Å². The van der Waals surface area contributed by atoms with Crippen LogP contribution >= 0.6 is 0 Å². The quantitative estimate of drug-likeness (QED) is 0.723. The lowest BCUT2D eigenvalue weighted by molar-refractivity contribution is -0.0290. The first-order valence-corrected chi connectivity index (χ1v) is 8.33. The van der Waals surface area contributed by atoms with Crippen molar-refractivity contribution in [2.75, 3.05) is 13.7 Å². The first-order valence-electron chi connectivity index (χ1n) is 8.33. The zero-order chi connectivity index (χ0) is 16.9. The Morgan fingerprint density at radius 2 is 2.04 bits per heavy atom. The van der Waals surface area contributed by atoms with Crippen molar-refractivity contribution in [2.24, 2.45) is 5.92 Å².